The molecule has 0 bridgehead atoms. The van der Waals surface area contributed by atoms with Gasteiger partial charge in [0.25, 0.3) is 0 Å². The third kappa shape index (κ3) is 5.81. The minimum Gasteiger partial charge on any atom is -0.491 e. The zero-order valence-electron chi connectivity index (χ0n) is 18.9. The van der Waals surface area contributed by atoms with Gasteiger partial charge in [-0.1, -0.05) is 60.7 Å². The Morgan fingerprint density at radius 3 is 2.70 bits per heavy atom. The molecule has 0 amide bonds. The summed E-state index contributed by atoms with van der Waals surface area (Å²) in [5.74, 6) is -0.222. The number of rotatable bonds is 10. The third-order valence-corrected chi connectivity index (χ3v) is 5.89. The highest BCUT2D eigenvalue weighted by molar-refractivity contribution is 5.78. The number of allylic oxidation sites excluding steroid dienone is 5. The first kappa shape index (κ1) is 23.0. The topological polar surface area (TPSA) is 65.0 Å². The molecule has 2 aromatic carbocycles. The number of ether oxygens (including phenoxy) is 3. The number of aliphatic carboxylic acids is 1. The van der Waals surface area contributed by atoms with Gasteiger partial charge in [0.2, 0.25) is 0 Å². The molecule has 33 heavy (non-hydrogen) atoms. The number of carboxylic acid groups (broad SMARTS) is 1. The number of benzene rings is 2. The molecule has 2 aromatic rings. The van der Waals surface area contributed by atoms with Crippen molar-refractivity contribution in [1.82, 2.24) is 0 Å². The molecule has 1 N–H and O–H groups in total. The average Bonchev–Trinajstić information content (AvgIpc) is 3.00. The summed E-state index contributed by atoms with van der Waals surface area (Å²) in [6.07, 6.45) is 10.2. The fraction of sp³-hybridized carbons (Fsp3) is 0.321. The van der Waals surface area contributed by atoms with E-state index in [0.29, 0.717) is 26.2 Å². The first-order valence-corrected chi connectivity index (χ1v) is 11.5. The van der Waals surface area contributed by atoms with E-state index in [1.54, 1.807) is 6.92 Å². The van der Waals surface area contributed by atoms with Crippen LogP contribution in [-0.2, 0) is 20.7 Å². The van der Waals surface area contributed by atoms with Crippen LogP contribution in [0.4, 0.5) is 0 Å². The maximum Gasteiger partial charge on any atom is 0.333 e. The summed E-state index contributed by atoms with van der Waals surface area (Å²) in [5.41, 5.74) is 6.02. The highest BCUT2D eigenvalue weighted by Gasteiger charge is 2.21. The summed E-state index contributed by atoms with van der Waals surface area (Å²) in [6.45, 7) is 3.04. The molecule has 0 radical (unpaired) electrons. The summed E-state index contributed by atoms with van der Waals surface area (Å²) in [7, 11) is 0. The second kappa shape index (κ2) is 11.1. The van der Waals surface area contributed by atoms with Crippen LogP contribution in [0.1, 0.15) is 42.6 Å². The molecule has 5 nitrogen and oxygen atoms in total. The molecule has 2 aliphatic rings. The van der Waals surface area contributed by atoms with E-state index in [1.807, 2.05) is 24.3 Å². The molecule has 0 heterocycles. The predicted octanol–water partition coefficient (Wildman–Crippen LogP) is 5.53. The lowest BCUT2D eigenvalue weighted by atomic mass is 9.89. The van der Waals surface area contributed by atoms with Crippen LogP contribution in [0.25, 0.3) is 5.57 Å². The Morgan fingerprint density at radius 1 is 1.09 bits per heavy atom. The number of fused-ring (bicyclic) bond motifs is 2. The van der Waals surface area contributed by atoms with Crippen molar-refractivity contribution in [3.63, 3.8) is 0 Å². The Morgan fingerprint density at radius 2 is 1.91 bits per heavy atom. The summed E-state index contributed by atoms with van der Waals surface area (Å²) in [4.78, 5) is 11.3. The molecule has 0 saturated carbocycles. The zero-order valence-corrected chi connectivity index (χ0v) is 18.9. The first-order valence-electron chi connectivity index (χ1n) is 11.5. The van der Waals surface area contributed by atoms with Crippen LogP contribution >= 0.6 is 0 Å². The van der Waals surface area contributed by atoms with Crippen LogP contribution in [0, 0.1) is 0 Å². The molecule has 2 aliphatic carbocycles. The van der Waals surface area contributed by atoms with E-state index in [1.165, 1.54) is 22.3 Å². The largest absolute Gasteiger partial charge is 0.491 e. The molecule has 4 rings (SSSR count). The van der Waals surface area contributed by atoms with E-state index >= 15 is 0 Å². The van der Waals surface area contributed by atoms with E-state index in [-0.39, 0.29) is 6.10 Å². The van der Waals surface area contributed by atoms with Gasteiger partial charge in [0.05, 0.1) is 6.61 Å². The van der Waals surface area contributed by atoms with Gasteiger partial charge in [-0.25, -0.2) is 4.79 Å². The fourth-order valence-corrected chi connectivity index (χ4v) is 4.28. The van der Waals surface area contributed by atoms with Crippen molar-refractivity contribution in [2.45, 2.75) is 38.4 Å². The molecule has 0 aromatic heterocycles. The monoisotopic (exact) mass is 446 g/mol. The normalized spacial score (nSPS) is 17.8. The molecule has 0 fully saturated rings. The lowest BCUT2D eigenvalue weighted by Crippen LogP contribution is -2.26. The van der Waals surface area contributed by atoms with Crippen LogP contribution < -0.4 is 4.74 Å². The Bertz CT molecular complexity index is 1050. The van der Waals surface area contributed by atoms with E-state index in [9.17, 15) is 9.90 Å². The second-order valence-electron chi connectivity index (χ2n) is 8.09. The molecular formula is C28H30O5. The minimum atomic E-state index is -0.949. The van der Waals surface area contributed by atoms with Gasteiger partial charge in [0.15, 0.2) is 6.10 Å². The minimum absolute atomic E-state index is 0.113. The van der Waals surface area contributed by atoms with Gasteiger partial charge in [0, 0.05) is 13.0 Å². The van der Waals surface area contributed by atoms with Crippen LogP contribution in [-0.4, -0.2) is 37.0 Å². The third-order valence-electron chi connectivity index (χ3n) is 5.89. The summed E-state index contributed by atoms with van der Waals surface area (Å²) in [5, 5.41) is 9.24. The number of hydrogen-bond donors (Lipinski definition) is 1. The molecule has 2 atom stereocenters. The summed E-state index contributed by atoms with van der Waals surface area (Å²) >= 11 is 0. The highest BCUT2D eigenvalue weighted by Crippen LogP contribution is 2.37. The maximum absolute atomic E-state index is 11.3. The molecule has 5 heteroatoms. The highest BCUT2D eigenvalue weighted by atomic mass is 16.5. The van der Waals surface area contributed by atoms with E-state index in [4.69, 9.17) is 14.2 Å². The van der Waals surface area contributed by atoms with Crippen molar-refractivity contribution >= 4 is 11.5 Å². The van der Waals surface area contributed by atoms with Gasteiger partial charge in [-0.05, 0) is 59.7 Å². The number of carboxylic acids is 1. The lowest BCUT2D eigenvalue weighted by molar-refractivity contribution is -0.149. The van der Waals surface area contributed by atoms with Crippen LogP contribution in [0.3, 0.4) is 0 Å². The fourth-order valence-electron chi connectivity index (χ4n) is 4.28. The van der Waals surface area contributed by atoms with Crippen LogP contribution in [0.5, 0.6) is 5.75 Å². The van der Waals surface area contributed by atoms with Crippen molar-refractivity contribution in [2.24, 2.45) is 0 Å². The average molecular weight is 447 g/mol. The summed E-state index contributed by atoms with van der Waals surface area (Å²) < 4.78 is 17.3. The first-order chi connectivity index (χ1) is 16.2. The van der Waals surface area contributed by atoms with E-state index in [0.717, 1.165) is 24.2 Å². The van der Waals surface area contributed by atoms with Gasteiger partial charge in [-0.15, -0.1) is 0 Å². The predicted molar refractivity (Wildman–Crippen MR) is 128 cm³/mol. The molecule has 0 aliphatic heterocycles. The SMILES string of the molecule is CCOC(Cc1ccc(OCCOC2C=CC3=C(CCC=C3)c3ccccc32)cc1)C(=O)O. The van der Waals surface area contributed by atoms with Gasteiger partial charge in [-0.3, -0.25) is 0 Å². The van der Waals surface area contributed by atoms with Gasteiger partial charge in [0.1, 0.15) is 18.5 Å². The molecule has 0 spiro atoms. The van der Waals surface area contributed by atoms with Crippen molar-refractivity contribution in [1.29, 1.82) is 0 Å². The van der Waals surface area contributed by atoms with Crippen LogP contribution in [0.15, 0.2) is 78.4 Å². The second-order valence-corrected chi connectivity index (χ2v) is 8.09. The van der Waals surface area contributed by atoms with Gasteiger partial charge < -0.3 is 19.3 Å². The Balaban J connectivity index is 1.31. The van der Waals surface area contributed by atoms with Gasteiger partial charge in [-0.2, -0.15) is 0 Å². The quantitative estimate of drug-likeness (QED) is 0.486. The Labute approximate surface area is 195 Å². The Hall–Kier alpha value is -3.15. The lowest BCUT2D eigenvalue weighted by Gasteiger charge is -2.19. The van der Waals surface area contributed by atoms with Crippen molar-refractivity contribution in [3.8, 4) is 5.75 Å². The molecule has 0 saturated heterocycles. The molecule has 2 unspecified atom stereocenters. The van der Waals surface area contributed by atoms with Crippen molar-refractivity contribution in [2.75, 3.05) is 19.8 Å². The molecule has 172 valence electrons. The molecular weight excluding hydrogens is 416 g/mol. The zero-order chi connectivity index (χ0) is 23.0. The van der Waals surface area contributed by atoms with Gasteiger partial charge >= 0.3 is 5.97 Å². The summed E-state index contributed by atoms with van der Waals surface area (Å²) in [6, 6.07) is 15.9. The number of carbonyl (C=O) groups is 1. The van der Waals surface area contributed by atoms with E-state index < -0.39 is 12.1 Å². The van der Waals surface area contributed by atoms with E-state index in [2.05, 4.69) is 48.6 Å². The maximum atomic E-state index is 11.3. The van der Waals surface area contributed by atoms with Crippen molar-refractivity contribution in [3.05, 3.63) is 95.1 Å². The van der Waals surface area contributed by atoms with Crippen LogP contribution in [0.2, 0.25) is 0 Å². The van der Waals surface area contributed by atoms with Crippen molar-refractivity contribution < 1.29 is 24.1 Å². The smallest absolute Gasteiger partial charge is 0.333 e. The number of hydrogen-bond acceptors (Lipinski definition) is 4. The Kier molecular flexibility index (Phi) is 7.76. The standard InChI is InChI=1S/C28H30O5/c1-2-31-27(28(29)30)19-20-11-14-22(15-12-20)32-17-18-33-26-16-13-21-7-3-4-8-23(21)24-9-5-6-10-25(24)26/h3,5-7,9-16,26-27H,2,4,8,17-19H2,1H3,(H,29,30).